The summed E-state index contributed by atoms with van der Waals surface area (Å²) in [7, 11) is 0. The number of rotatable bonds is 4. The van der Waals surface area contributed by atoms with Gasteiger partial charge in [0.05, 0.1) is 6.61 Å². The summed E-state index contributed by atoms with van der Waals surface area (Å²) in [6.45, 7) is 4.27. The Morgan fingerprint density at radius 3 is 2.50 bits per heavy atom. The van der Waals surface area contributed by atoms with Gasteiger partial charge in [0.2, 0.25) is 5.91 Å². The van der Waals surface area contributed by atoms with Gasteiger partial charge in [-0.25, -0.2) is 0 Å². The van der Waals surface area contributed by atoms with Gasteiger partial charge >= 0.3 is 0 Å². The zero-order chi connectivity index (χ0) is 10.4. The second-order valence-electron chi connectivity index (χ2n) is 3.05. The zero-order valence-electron chi connectivity index (χ0n) is 8.54. The molecule has 14 heavy (non-hydrogen) atoms. The standard InChI is InChI=1S/C11H15NO2/c1-3-8-14-11-6-4-10(5-7-11)12-9(2)13/h4-7H,3,8H2,1-2H3,(H,12,13). The first kappa shape index (κ1) is 10.6. The Kier molecular flexibility index (Phi) is 3.98. The van der Waals surface area contributed by atoms with Crippen LogP contribution in [0.2, 0.25) is 0 Å². The molecule has 3 nitrogen and oxygen atoms in total. The van der Waals surface area contributed by atoms with Crippen LogP contribution >= 0.6 is 0 Å². The summed E-state index contributed by atoms with van der Waals surface area (Å²) >= 11 is 0. The lowest BCUT2D eigenvalue weighted by atomic mass is 10.3. The largest absolute Gasteiger partial charge is 0.494 e. The number of carbonyl (C=O) groups excluding carboxylic acids is 1. The zero-order valence-corrected chi connectivity index (χ0v) is 8.54. The highest BCUT2D eigenvalue weighted by molar-refractivity contribution is 5.88. The van der Waals surface area contributed by atoms with E-state index in [9.17, 15) is 4.79 Å². The minimum atomic E-state index is -0.0628. The lowest BCUT2D eigenvalue weighted by Crippen LogP contribution is -2.05. The van der Waals surface area contributed by atoms with Crippen LogP contribution in [0.4, 0.5) is 5.69 Å². The number of hydrogen-bond acceptors (Lipinski definition) is 2. The van der Waals surface area contributed by atoms with Crippen molar-refractivity contribution in [1.29, 1.82) is 0 Å². The highest BCUT2D eigenvalue weighted by Crippen LogP contribution is 2.15. The van der Waals surface area contributed by atoms with Crippen LogP contribution in [0.1, 0.15) is 20.3 Å². The highest BCUT2D eigenvalue weighted by atomic mass is 16.5. The summed E-state index contributed by atoms with van der Waals surface area (Å²) in [5.74, 6) is 0.771. The van der Waals surface area contributed by atoms with E-state index in [2.05, 4.69) is 12.2 Å². The van der Waals surface area contributed by atoms with Crippen LogP contribution in [0.3, 0.4) is 0 Å². The predicted octanol–water partition coefficient (Wildman–Crippen LogP) is 2.43. The minimum Gasteiger partial charge on any atom is -0.494 e. The third-order valence-corrected chi connectivity index (χ3v) is 1.65. The van der Waals surface area contributed by atoms with E-state index in [-0.39, 0.29) is 5.91 Å². The molecule has 0 heterocycles. The minimum absolute atomic E-state index is 0.0628. The molecule has 0 spiro atoms. The molecule has 1 N–H and O–H groups in total. The second kappa shape index (κ2) is 5.27. The van der Waals surface area contributed by atoms with Gasteiger partial charge < -0.3 is 10.1 Å². The van der Waals surface area contributed by atoms with E-state index in [1.54, 1.807) is 0 Å². The van der Waals surface area contributed by atoms with Gasteiger partial charge in [-0.1, -0.05) is 6.92 Å². The molecule has 1 amide bonds. The fourth-order valence-electron chi connectivity index (χ4n) is 1.06. The normalized spacial score (nSPS) is 9.57. The van der Waals surface area contributed by atoms with Crippen molar-refractivity contribution in [2.24, 2.45) is 0 Å². The molecule has 1 aromatic rings. The molecule has 0 bridgehead atoms. The maximum Gasteiger partial charge on any atom is 0.221 e. The molecular formula is C11H15NO2. The Labute approximate surface area is 84.1 Å². The van der Waals surface area contributed by atoms with Crippen molar-refractivity contribution in [3.05, 3.63) is 24.3 Å². The molecule has 0 atom stereocenters. The SMILES string of the molecule is CCCOc1ccc(NC(C)=O)cc1. The number of hydrogen-bond donors (Lipinski definition) is 1. The van der Waals surface area contributed by atoms with Crippen LogP contribution in [0.15, 0.2) is 24.3 Å². The molecule has 0 aliphatic heterocycles. The van der Waals surface area contributed by atoms with E-state index in [4.69, 9.17) is 4.74 Å². The maximum absolute atomic E-state index is 10.7. The van der Waals surface area contributed by atoms with Gasteiger partial charge in [-0.15, -0.1) is 0 Å². The molecule has 0 fully saturated rings. The molecule has 1 rings (SSSR count). The summed E-state index contributed by atoms with van der Waals surface area (Å²) in [5, 5.41) is 2.69. The monoisotopic (exact) mass is 193 g/mol. The van der Waals surface area contributed by atoms with Crippen molar-refractivity contribution in [2.75, 3.05) is 11.9 Å². The van der Waals surface area contributed by atoms with E-state index >= 15 is 0 Å². The second-order valence-corrected chi connectivity index (χ2v) is 3.05. The van der Waals surface area contributed by atoms with Gasteiger partial charge in [0.25, 0.3) is 0 Å². The third-order valence-electron chi connectivity index (χ3n) is 1.65. The average Bonchev–Trinajstić information content (AvgIpc) is 2.16. The lowest BCUT2D eigenvalue weighted by molar-refractivity contribution is -0.114. The number of nitrogens with one attached hydrogen (secondary N) is 1. The summed E-state index contributed by atoms with van der Waals surface area (Å²) < 4.78 is 5.40. The first-order chi connectivity index (χ1) is 6.72. The Morgan fingerprint density at radius 1 is 1.36 bits per heavy atom. The molecule has 0 aliphatic carbocycles. The van der Waals surface area contributed by atoms with Gasteiger partial charge in [-0.3, -0.25) is 4.79 Å². The summed E-state index contributed by atoms with van der Waals surface area (Å²) in [4.78, 5) is 10.7. The molecule has 0 saturated carbocycles. The Hall–Kier alpha value is -1.51. The van der Waals surface area contributed by atoms with Gasteiger partial charge in [0.15, 0.2) is 0 Å². The number of amides is 1. The third kappa shape index (κ3) is 3.47. The molecular weight excluding hydrogens is 178 g/mol. The molecule has 76 valence electrons. The molecule has 1 aromatic carbocycles. The molecule has 0 unspecified atom stereocenters. The lowest BCUT2D eigenvalue weighted by Gasteiger charge is -2.05. The van der Waals surface area contributed by atoms with Crippen LogP contribution < -0.4 is 10.1 Å². The fourth-order valence-corrected chi connectivity index (χ4v) is 1.06. The molecule has 0 aromatic heterocycles. The molecule has 3 heteroatoms. The number of benzene rings is 1. The first-order valence-corrected chi connectivity index (χ1v) is 4.73. The van der Waals surface area contributed by atoms with Crippen LogP contribution in [-0.4, -0.2) is 12.5 Å². The van der Waals surface area contributed by atoms with Crippen LogP contribution in [0.25, 0.3) is 0 Å². The molecule has 0 saturated heterocycles. The van der Waals surface area contributed by atoms with Crippen molar-refractivity contribution in [2.45, 2.75) is 20.3 Å². The predicted molar refractivity (Wildman–Crippen MR) is 56.5 cm³/mol. The highest BCUT2D eigenvalue weighted by Gasteiger charge is 1.96. The van der Waals surface area contributed by atoms with E-state index in [1.165, 1.54) is 6.92 Å². The van der Waals surface area contributed by atoms with Crippen LogP contribution in [0, 0.1) is 0 Å². The average molecular weight is 193 g/mol. The maximum atomic E-state index is 10.7. The molecule has 0 aliphatic rings. The Bertz CT molecular complexity index is 293. The summed E-state index contributed by atoms with van der Waals surface area (Å²) in [6, 6.07) is 7.35. The molecule has 0 radical (unpaired) electrons. The van der Waals surface area contributed by atoms with Crippen molar-refractivity contribution in [3.8, 4) is 5.75 Å². The van der Waals surface area contributed by atoms with Crippen LogP contribution in [0.5, 0.6) is 5.75 Å². The van der Waals surface area contributed by atoms with Crippen molar-refractivity contribution in [3.63, 3.8) is 0 Å². The van der Waals surface area contributed by atoms with E-state index in [0.717, 1.165) is 24.5 Å². The van der Waals surface area contributed by atoms with E-state index < -0.39 is 0 Å². The van der Waals surface area contributed by atoms with Crippen molar-refractivity contribution >= 4 is 11.6 Å². The van der Waals surface area contributed by atoms with E-state index in [1.807, 2.05) is 24.3 Å². The van der Waals surface area contributed by atoms with Crippen molar-refractivity contribution in [1.82, 2.24) is 0 Å². The van der Waals surface area contributed by atoms with Crippen molar-refractivity contribution < 1.29 is 9.53 Å². The van der Waals surface area contributed by atoms with E-state index in [0.29, 0.717) is 0 Å². The topological polar surface area (TPSA) is 38.3 Å². The Balaban J connectivity index is 2.54. The van der Waals surface area contributed by atoms with Crippen LogP contribution in [-0.2, 0) is 4.79 Å². The van der Waals surface area contributed by atoms with Gasteiger partial charge in [-0.2, -0.15) is 0 Å². The number of carbonyl (C=O) groups is 1. The van der Waals surface area contributed by atoms with Gasteiger partial charge in [0, 0.05) is 12.6 Å². The van der Waals surface area contributed by atoms with Gasteiger partial charge in [0.1, 0.15) is 5.75 Å². The van der Waals surface area contributed by atoms with Gasteiger partial charge in [-0.05, 0) is 30.7 Å². The fraction of sp³-hybridized carbons (Fsp3) is 0.364. The summed E-state index contributed by atoms with van der Waals surface area (Å²) in [6.07, 6.45) is 0.993. The smallest absolute Gasteiger partial charge is 0.221 e. The number of anilines is 1. The summed E-state index contributed by atoms with van der Waals surface area (Å²) in [5.41, 5.74) is 0.793. The Morgan fingerprint density at radius 2 is 2.00 bits per heavy atom. The first-order valence-electron chi connectivity index (χ1n) is 4.73. The number of ether oxygens (including phenoxy) is 1. The quantitative estimate of drug-likeness (QED) is 0.797.